The first-order valence-electron chi connectivity index (χ1n) is 7.84. The first-order valence-corrected chi connectivity index (χ1v) is 7.84. The number of ether oxygens (including phenoxy) is 1. The summed E-state index contributed by atoms with van der Waals surface area (Å²) in [4.78, 5) is 4.55. The zero-order valence-corrected chi connectivity index (χ0v) is 15.1. The summed E-state index contributed by atoms with van der Waals surface area (Å²) in [5, 5.41) is 11.7. The minimum absolute atomic E-state index is 0. The molecule has 0 fully saturated rings. The smallest absolute Gasteiger partial charge is 0.206 e. The van der Waals surface area contributed by atoms with Crippen molar-refractivity contribution in [3.63, 3.8) is 0 Å². The Kier molecular flexibility index (Phi) is 5.98. The maximum atomic E-state index is 7.35. The number of hydrazone groups is 1. The van der Waals surface area contributed by atoms with Crippen LogP contribution in [0.25, 0.3) is 0 Å². The number of para-hydroxylation sites is 1. The van der Waals surface area contributed by atoms with E-state index in [1.165, 1.54) is 0 Å². The van der Waals surface area contributed by atoms with Gasteiger partial charge in [-0.25, -0.2) is 5.43 Å². The summed E-state index contributed by atoms with van der Waals surface area (Å²) in [5.74, 6) is 0.915. The highest BCUT2D eigenvalue weighted by molar-refractivity contribution is 6.04. The van der Waals surface area contributed by atoms with Gasteiger partial charge in [-0.15, -0.1) is 12.4 Å². The van der Waals surface area contributed by atoms with E-state index in [9.17, 15) is 0 Å². The van der Waals surface area contributed by atoms with Gasteiger partial charge in [0, 0.05) is 11.8 Å². The van der Waals surface area contributed by atoms with E-state index < -0.39 is 0 Å². The molecule has 1 aliphatic carbocycles. The Morgan fingerprint density at radius 1 is 1.32 bits per heavy atom. The molecule has 0 aliphatic heterocycles. The van der Waals surface area contributed by atoms with Crippen molar-refractivity contribution in [3.05, 3.63) is 58.9 Å². The van der Waals surface area contributed by atoms with Gasteiger partial charge in [0.1, 0.15) is 5.75 Å². The molecule has 1 unspecified atom stereocenters. The van der Waals surface area contributed by atoms with Gasteiger partial charge < -0.3 is 10.5 Å². The van der Waals surface area contributed by atoms with Crippen LogP contribution in [0, 0.1) is 12.3 Å². The van der Waals surface area contributed by atoms with E-state index >= 15 is 0 Å². The number of fused-ring (bicyclic) bond motifs is 1. The van der Waals surface area contributed by atoms with Crippen LogP contribution in [0.5, 0.6) is 5.75 Å². The van der Waals surface area contributed by atoms with Gasteiger partial charge in [0.05, 0.1) is 18.5 Å². The number of hydrogen-bond donors (Lipinski definition) is 3. The van der Waals surface area contributed by atoms with E-state index in [-0.39, 0.29) is 24.3 Å². The Morgan fingerprint density at radius 3 is 2.80 bits per heavy atom. The number of aromatic nitrogens is 1. The van der Waals surface area contributed by atoms with E-state index in [4.69, 9.17) is 15.9 Å². The van der Waals surface area contributed by atoms with Gasteiger partial charge in [0.25, 0.3) is 0 Å². The van der Waals surface area contributed by atoms with Crippen LogP contribution in [-0.2, 0) is 6.42 Å². The summed E-state index contributed by atoms with van der Waals surface area (Å²) in [7, 11) is 1.68. The van der Waals surface area contributed by atoms with Crippen LogP contribution in [0.15, 0.2) is 41.6 Å². The number of nitrogens with two attached hydrogens (primary N) is 1. The van der Waals surface area contributed by atoms with E-state index in [0.29, 0.717) is 0 Å². The molecule has 1 heterocycles. The second-order valence-electron chi connectivity index (χ2n) is 5.88. The highest BCUT2D eigenvalue weighted by Gasteiger charge is 2.28. The molecule has 0 bridgehead atoms. The van der Waals surface area contributed by atoms with E-state index in [1.807, 2.05) is 37.4 Å². The molecule has 0 radical (unpaired) electrons. The van der Waals surface area contributed by atoms with Crippen molar-refractivity contribution in [1.82, 2.24) is 10.4 Å². The molecule has 6 nitrogen and oxygen atoms in total. The van der Waals surface area contributed by atoms with Crippen molar-refractivity contribution in [2.45, 2.75) is 25.7 Å². The Balaban J connectivity index is 0.00000225. The zero-order chi connectivity index (χ0) is 17.1. The van der Waals surface area contributed by atoms with Crippen LogP contribution in [0.1, 0.15) is 34.7 Å². The van der Waals surface area contributed by atoms with Crippen molar-refractivity contribution < 1.29 is 4.74 Å². The SMILES string of the molecule is COc1ccccc1C1CC(=NNC(=N)N)c2c(C)ccnc2C1.Cl. The van der Waals surface area contributed by atoms with Crippen LogP contribution in [-0.4, -0.2) is 23.8 Å². The van der Waals surface area contributed by atoms with Crippen molar-refractivity contribution >= 4 is 24.1 Å². The van der Waals surface area contributed by atoms with Crippen LogP contribution >= 0.6 is 12.4 Å². The lowest BCUT2D eigenvalue weighted by atomic mass is 9.79. The maximum absolute atomic E-state index is 7.35. The molecule has 1 atom stereocenters. The van der Waals surface area contributed by atoms with Crippen LogP contribution in [0.4, 0.5) is 0 Å². The highest BCUT2D eigenvalue weighted by atomic mass is 35.5. The number of pyridine rings is 1. The molecular weight excluding hydrogens is 338 g/mol. The predicted molar refractivity (Wildman–Crippen MR) is 102 cm³/mol. The summed E-state index contributed by atoms with van der Waals surface area (Å²) < 4.78 is 5.51. The fourth-order valence-corrected chi connectivity index (χ4v) is 3.26. The predicted octanol–water partition coefficient (Wildman–Crippen LogP) is 2.74. The summed E-state index contributed by atoms with van der Waals surface area (Å²) in [6, 6.07) is 10.0. The molecular formula is C18H22ClN5O. The fraction of sp³-hybridized carbons (Fsp3) is 0.278. The van der Waals surface area contributed by atoms with Crippen molar-refractivity contribution in [1.29, 1.82) is 5.41 Å². The summed E-state index contributed by atoms with van der Waals surface area (Å²) in [5.41, 5.74) is 13.2. The Bertz CT molecular complexity index is 806. The summed E-state index contributed by atoms with van der Waals surface area (Å²) in [6.07, 6.45) is 3.39. The van der Waals surface area contributed by atoms with Gasteiger partial charge >= 0.3 is 0 Å². The number of halogens is 1. The lowest BCUT2D eigenvalue weighted by molar-refractivity contribution is 0.405. The molecule has 7 heteroatoms. The fourth-order valence-electron chi connectivity index (χ4n) is 3.26. The van der Waals surface area contributed by atoms with Gasteiger partial charge in [-0.05, 0) is 48.9 Å². The minimum Gasteiger partial charge on any atom is -0.496 e. The van der Waals surface area contributed by atoms with Crippen LogP contribution in [0.2, 0.25) is 0 Å². The number of nitrogens with zero attached hydrogens (tertiary/aromatic N) is 2. The van der Waals surface area contributed by atoms with Crippen molar-refractivity contribution in [2.75, 3.05) is 7.11 Å². The Labute approximate surface area is 153 Å². The maximum Gasteiger partial charge on any atom is 0.206 e. The van der Waals surface area contributed by atoms with Crippen LogP contribution in [0.3, 0.4) is 0 Å². The molecule has 1 aromatic heterocycles. The average molecular weight is 360 g/mol. The van der Waals surface area contributed by atoms with Gasteiger partial charge in [-0.2, -0.15) is 5.10 Å². The van der Waals surface area contributed by atoms with Gasteiger partial charge in [-0.1, -0.05) is 18.2 Å². The topological polar surface area (TPSA) is 96.4 Å². The number of methoxy groups -OCH3 is 1. The summed E-state index contributed by atoms with van der Waals surface area (Å²) >= 11 is 0. The lowest BCUT2D eigenvalue weighted by Crippen LogP contribution is -2.29. The standard InChI is InChI=1S/C18H21N5O.ClH/c1-11-7-8-21-14-9-12(13-5-3-4-6-16(13)24-2)10-15(17(11)14)22-23-18(19)20;/h3-8,12H,9-10H2,1-2H3,(H4,19,20,23);1H. The van der Waals surface area contributed by atoms with Crippen molar-refractivity contribution in [2.24, 2.45) is 10.8 Å². The molecule has 0 spiro atoms. The zero-order valence-electron chi connectivity index (χ0n) is 14.2. The number of rotatable bonds is 3. The Morgan fingerprint density at radius 2 is 2.08 bits per heavy atom. The lowest BCUT2D eigenvalue weighted by Gasteiger charge is -2.27. The van der Waals surface area contributed by atoms with Gasteiger partial charge in [-0.3, -0.25) is 10.4 Å². The monoisotopic (exact) mass is 359 g/mol. The van der Waals surface area contributed by atoms with E-state index in [1.54, 1.807) is 7.11 Å². The molecule has 25 heavy (non-hydrogen) atoms. The molecule has 4 N–H and O–H groups in total. The van der Waals surface area contributed by atoms with Crippen molar-refractivity contribution in [3.8, 4) is 5.75 Å². The second kappa shape index (κ2) is 7.98. The Hall–Kier alpha value is -2.60. The number of hydrogen-bond acceptors (Lipinski definition) is 4. The molecule has 1 aliphatic rings. The largest absolute Gasteiger partial charge is 0.496 e. The highest BCUT2D eigenvalue weighted by Crippen LogP contribution is 2.37. The third-order valence-electron chi connectivity index (χ3n) is 4.30. The quantitative estimate of drug-likeness (QED) is 0.446. The number of guanidine groups is 1. The normalized spacial score (nSPS) is 17.4. The van der Waals surface area contributed by atoms with E-state index in [0.717, 1.165) is 46.7 Å². The molecule has 0 amide bonds. The van der Waals surface area contributed by atoms with E-state index in [2.05, 4.69) is 21.6 Å². The molecule has 1 aromatic carbocycles. The molecule has 2 aromatic rings. The third kappa shape index (κ3) is 3.91. The number of benzene rings is 1. The molecule has 0 saturated carbocycles. The van der Waals surface area contributed by atoms with Gasteiger partial charge in [0.15, 0.2) is 0 Å². The first-order chi connectivity index (χ1) is 11.6. The molecule has 0 saturated heterocycles. The van der Waals surface area contributed by atoms with Gasteiger partial charge in [0.2, 0.25) is 5.96 Å². The first kappa shape index (κ1) is 18.7. The van der Waals surface area contributed by atoms with Crippen LogP contribution < -0.4 is 15.9 Å². The minimum atomic E-state index is -0.176. The third-order valence-corrected chi connectivity index (χ3v) is 4.30. The second-order valence-corrected chi connectivity index (χ2v) is 5.88. The molecule has 3 rings (SSSR count). The molecule has 132 valence electrons. The average Bonchev–Trinajstić information content (AvgIpc) is 2.59. The number of aryl methyl sites for hydroxylation is 1. The number of nitrogens with one attached hydrogen (secondary N) is 2. The summed E-state index contributed by atoms with van der Waals surface area (Å²) in [6.45, 7) is 2.05.